The second kappa shape index (κ2) is 2.49. The molecule has 2 rings (SSSR count). The molecule has 62 valence electrons. The maximum Gasteiger partial charge on any atom is 0.0923 e. The number of aliphatic hydroxyl groups excluding tert-OH is 1. The van der Waals surface area contributed by atoms with Gasteiger partial charge in [-0.05, 0) is 38.0 Å². The summed E-state index contributed by atoms with van der Waals surface area (Å²) in [4.78, 5) is 0. The fourth-order valence-corrected chi connectivity index (χ4v) is 2.66. The Kier molecular flexibility index (Phi) is 1.73. The zero-order valence-corrected chi connectivity index (χ0v) is 7.43. The molecule has 0 unspecified atom stereocenters. The molecule has 0 saturated heterocycles. The summed E-state index contributed by atoms with van der Waals surface area (Å²) in [5, 5.41) is 10.4. The van der Waals surface area contributed by atoms with Crippen molar-refractivity contribution in [3.63, 3.8) is 0 Å². The van der Waals surface area contributed by atoms with Crippen LogP contribution in [0.5, 0.6) is 0 Å². The van der Waals surface area contributed by atoms with Crippen LogP contribution in [0.2, 0.25) is 0 Å². The molecule has 1 saturated carbocycles. The summed E-state index contributed by atoms with van der Waals surface area (Å²) < 4.78 is 0. The molecule has 0 aromatic heterocycles. The molecule has 0 spiro atoms. The van der Waals surface area contributed by atoms with Crippen LogP contribution in [-0.4, -0.2) is 11.2 Å². The van der Waals surface area contributed by atoms with Gasteiger partial charge in [0.1, 0.15) is 0 Å². The summed E-state index contributed by atoms with van der Waals surface area (Å²) in [6.45, 7) is 2.05. The molecule has 0 radical (unpaired) electrons. The average Bonchev–Trinajstić information content (AvgIpc) is 2.44. The third-order valence-corrected chi connectivity index (χ3v) is 3.69. The molecule has 0 aliphatic heterocycles. The molecule has 2 aliphatic rings. The molecular formula is C9H13ClO. The topological polar surface area (TPSA) is 20.2 Å². The van der Waals surface area contributed by atoms with Crippen LogP contribution in [-0.2, 0) is 0 Å². The Balaban J connectivity index is 2.34. The van der Waals surface area contributed by atoms with Crippen LogP contribution in [0.3, 0.4) is 0 Å². The van der Waals surface area contributed by atoms with E-state index in [1.165, 1.54) is 12.0 Å². The number of aliphatic hydroxyl groups is 1. The second-order valence-electron chi connectivity index (χ2n) is 3.75. The highest BCUT2D eigenvalue weighted by Gasteiger charge is 2.38. The molecule has 3 atom stereocenters. The minimum Gasteiger partial charge on any atom is -0.387 e. The Morgan fingerprint density at radius 2 is 2.18 bits per heavy atom. The molecule has 0 heterocycles. The van der Waals surface area contributed by atoms with Gasteiger partial charge in [0.25, 0.3) is 0 Å². The zero-order chi connectivity index (χ0) is 8.01. The van der Waals surface area contributed by atoms with Crippen molar-refractivity contribution in [2.24, 2.45) is 11.8 Å². The van der Waals surface area contributed by atoms with E-state index in [1.807, 2.05) is 0 Å². The number of allylic oxidation sites excluding steroid dienone is 1. The Labute approximate surface area is 72.1 Å². The van der Waals surface area contributed by atoms with Gasteiger partial charge in [-0.25, -0.2) is 0 Å². The minimum atomic E-state index is -0.351. The highest BCUT2D eigenvalue weighted by Crippen LogP contribution is 2.46. The molecule has 11 heavy (non-hydrogen) atoms. The third-order valence-electron chi connectivity index (χ3n) is 3.17. The SMILES string of the molecule is CC1=C(Cl)[C@@H](O)[C@@H]2CC[C@H]1C2. The van der Waals surface area contributed by atoms with E-state index in [2.05, 4.69) is 6.92 Å². The average molecular weight is 173 g/mol. The van der Waals surface area contributed by atoms with Crippen molar-refractivity contribution < 1.29 is 5.11 Å². The lowest BCUT2D eigenvalue weighted by Gasteiger charge is -2.25. The predicted molar refractivity (Wildman–Crippen MR) is 45.4 cm³/mol. The number of fused-ring (bicyclic) bond motifs is 2. The first-order valence-corrected chi connectivity index (χ1v) is 4.62. The van der Waals surface area contributed by atoms with Gasteiger partial charge in [-0.2, -0.15) is 0 Å². The molecular weight excluding hydrogens is 160 g/mol. The van der Waals surface area contributed by atoms with Crippen LogP contribution in [0.4, 0.5) is 0 Å². The van der Waals surface area contributed by atoms with Gasteiger partial charge < -0.3 is 5.11 Å². The van der Waals surface area contributed by atoms with E-state index in [9.17, 15) is 5.11 Å². The van der Waals surface area contributed by atoms with E-state index >= 15 is 0 Å². The van der Waals surface area contributed by atoms with Gasteiger partial charge in [0.05, 0.1) is 6.10 Å². The summed E-state index contributed by atoms with van der Waals surface area (Å²) in [5.41, 5.74) is 1.23. The van der Waals surface area contributed by atoms with E-state index in [0.717, 1.165) is 17.9 Å². The lowest BCUT2D eigenvalue weighted by molar-refractivity contribution is 0.142. The van der Waals surface area contributed by atoms with Crippen LogP contribution >= 0.6 is 11.6 Å². The number of rotatable bonds is 0. The second-order valence-corrected chi connectivity index (χ2v) is 4.15. The smallest absolute Gasteiger partial charge is 0.0923 e. The van der Waals surface area contributed by atoms with E-state index in [0.29, 0.717) is 11.8 Å². The summed E-state index contributed by atoms with van der Waals surface area (Å²) in [5.74, 6) is 1.13. The fourth-order valence-electron chi connectivity index (χ4n) is 2.33. The molecule has 1 N–H and O–H groups in total. The van der Waals surface area contributed by atoms with E-state index < -0.39 is 0 Å². The quantitative estimate of drug-likeness (QED) is 0.595. The highest BCUT2D eigenvalue weighted by molar-refractivity contribution is 6.30. The Morgan fingerprint density at radius 1 is 1.45 bits per heavy atom. The molecule has 0 amide bonds. The minimum absolute atomic E-state index is 0.351. The van der Waals surface area contributed by atoms with Gasteiger partial charge >= 0.3 is 0 Å². The van der Waals surface area contributed by atoms with Crippen molar-refractivity contribution in [1.82, 2.24) is 0 Å². The lowest BCUT2D eigenvalue weighted by Crippen LogP contribution is -2.23. The van der Waals surface area contributed by atoms with E-state index in [4.69, 9.17) is 11.6 Å². The normalized spacial score (nSPS) is 43.4. The summed E-state index contributed by atoms with van der Waals surface area (Å²) in [7, 11) is 0. The van der Waals surface area contributed by atoms with Gasteiger partial charge in [-0.15, -0.1) is 0 Å². The highest BCUT2D eigenvalue weighted by atomic mass is 35.5. The van der Waals surface area contributed by atoms with Crippen LogP contribution in [0.25, 0.3) is 0 Å². The van der Waals surface area contributed by atoms with Crippen LogP contribution in [0.1, 0.15) is 26.2 Å². The Bertz CT molecular complexity index is 206. The molecule has 2 heteroatoms. The van der Waals surface area contributed by atoms with Crippen molar-refractivity contribution >= 4 is 11.6 Å². The Hall–Kier alpha value is -0.0100. The maximum atomic E-state index is 9.64. The monoisotopic (exact) mass is 172 g/mol. The lowest BCUT2D eigenvalue weighted by atomic mass is 9.87. The van der Waals surface area contributed by atoms with Gasteiger partial charge in [0.2, 0.25) is 0 Å². The first-order valence-electron chi connectivity index (χ1n) is 4.24. The van der Waals surface area contributed by atoms with Crippen LogP contribution in [0, 0.1) is 11.8 Å². The molecule has 1 nitrogen and oxygen atoms in total. The largest absolute Gasteiger partial charge is 0.387 e. The molecule has 0 aromatic rings. The van der Waals surface area contributed by atoms with Gasteiger partial charge in [-0.3, -0.25) is 0 Å². The number of halogens is 1. The first-order chi connectivity index (χ1) is 5.20. The Morgan fingerprint density at radius 3 is 2.91 bits per heavy atom. The van der Waals surface area contributed by atoms with Gasteiger partial charge in [0.15, 0.2) is 0 Å². The molecule has 0 aromatic carbocycles. The first kappa shape index (κ1) is 7.63. The molecule has 1 fully saturated rings. The van der Waals surface area contributed by atoms with Crippen LogP contribution < -0.4 is 0 Å². The summed E-state index contributed by atoms with van der Waals surface area (Å²) >= 11 is 5.98. The predicted octanol–water partition coefficient (Wildman–Crippen LogP) is 2.29. The zero-order valence-electron chi connectivity index (χ0n) is 6.68. The fraction of sp³-hybridized carbons (Fsp3) is 0.778. The van der Waals surface area contributed by atoms with Gasteiger partial charge in [-0.1, -0.05) is 17.2 Å². The molecule has 2 aliphatic carbocycles. The van der Waals surface area contributed by atoms with Crippen molar-refractivity contribution in [2.45, 2.75) is 32.3 Å². The van der Waals surface area contributed by atoms with Gasteiger partial charge in [0, 0.05) is 5.03 Å². The van der Waals surface area contributed by atoms with Crippen molar-refractivity contribution in [3.05, 3.63) is 10.6 Å². The summed E-state index contributed by atoms with van der Waals surface area (Å²) in [6, 6.07) is 0. The van der Waals surface area contributed by atoms with Crippen LogP contribution in [0.15, 0.2) is 10.6 Å². The maximum absolute atomic E-state index is 9.64. The van der Waals surface area contributed by atoms with Crippen molar-refractivity contribution in [2.75, 3.05) is 0 Å². The number of hydrogen-bond acceptors (Lipinski definition) is 1. The molecule has 2 bridgehead atoms. The van der Waals surface area contributed by atoms with E-state index in [1.54, 1.807) is 0 Å². The number of hydrogen-bond donors (Lipinski definition) is 1. The van der Waals surface area contributed by atoms with Crippen molar-refractivity contribution in [1.29, 1.82) is 0 Å². The standard InChI is InChI=1S/C9H13ClO/c1-5-6-2-3-7(4-6)9(11)8(5)10/h6-7,9,11H,2-4H2,1H3/t6-,7+,9-/m0/s1. The summed E-state index contributed by atoms with van der Waals surface area (Å²) in [6.07, 6.45) is 3.18. The van der Waals surface area contributed by atoms with E-state index in [-0.39, 0.29) is 6.10 Å². The van der Waals surface area contributed by atoms with Crippen molar-refractivity contribution in [3.8, 4) is 0 Å². The third kappa shape index (κ3) is 1.02.